The first kappa shape index (κ1) is 22.6. The molecular weight excluding hydrogens is 436 g/mol. The quantitative estimate of drug-likeness (QED) is 0.579. The van der Waals surface area contributed by atoms with Gasteiger partial charge in [0.2, 0.25) is 5.78 Å². The lowest BCUT2D eigenvalue weighted by Crippen LogP contribution is -2.28. The number of aliphatic imine (C=N–C) groups is 1. The zero-order chi connectivity index (χ0) is 23.8. The van der Waals surface area contributed by atoms with Crippen LogP contribution in [0.4, 0.5) is 5.69 Å². The van der Waals surface area contributed by atoms with Crippen molar-refractivity contribution in [2.24, 2.45) is 9.39 Å². The summed E-state index contributed by atoms with van der Waals surface area (Å²) in [5.74, 6) is -0.186. The number of nitrogens with zero attached hydrogens (tertiary/aromatic N) is 2. The highest BCUT2D eigenvalue weighted by Gasteiger charge is 2.29. The maximum atomic E-state index is 13.1. The molecule has 1 aliphatic carbocycles. The van der Waals surface area contributed by atoms with Crippen molar-refractivity contribution in [2.45, 2.75) is 37.5 Å². The van der Waals surface area contributed by atoms with Gasteiger partial charge in [0, 0.05) is 17.5 Å². The fourth-order valence-electron chi connectivity index (χ4n) is 3.60. The average molecular weight is 461 g/mol. The molecule has 0 aromatic heterocycles. The molecule has 0 aliphatic heterocycles. The van der Waals surface area contributed by atoms with Gasteiger partial charge >= 0.3 is 0 Å². The maximum Gasteiger partial charge on any atom is 0.282 e. The molecule has 0 saturated carbocycles. The van der Waals surface area contributed by atoms with E-state index in [0.717, 1.165) is 5.56 Å². The highest BCUT2D eigenvalue weighted by Crippen LogP contribution is 2.27. The lowest BCUT2D eigenvalue weighted by molar-refractivity contribution is 0.106. The molecular formula is C26H24N2O4S. The normalized spacial score (nSPS) is 16.8. The van der Waals surface area contributed by atoms with Crippen molar-refractivity contribution >= 4 is 32.9 Å². The number of phenols is 1. The third-order valence-electron chi connectivity index (χ3n) is 5.44. The van der Waals surface area contributed by atoms with Crippen molar-refractivity contribution < 1.29 is 18.3 Å². The van der Waals surface area contributed by atoms with Gasteiger partial charge in [0.05, 0.1) is 22.0 Å². The number of aromatic hydroxyl groups is 1. The first-order chi connectivity index (χ1) is 15.5. The number of phenolic OH excluding ortho intramolecular Hbond substituents is 1. The van der Waals surface area contributed by atoms with Gasteiger partial charge in [-0.25, -0.2) is 4.99 Å². The summed E-state index contributed by atoms with van der Waals surface area (Å²) in [6, 6.07) is 19.6. The third kappa shape index (κ3) is 4.78. The van der Waals surface area contributed by atoms with Crippen LogP contribution in [0.3, 0.4) is 0 Å². The van der Waals surface area contributed by atoms with Gasteiger partial charge in [-0.2, -0.15) is 12.8 Å². The predicted octanol–water partition coefficient (Wildman–Crippen LogP) is 5.23. The first-order valence-electron chi connectivity index (χ1n) is 10.5. The molecule has 0 heterocycles. The van der Waals surface area contributed by atoms with E-state index in [0.29, 0.717) is 16.8 Å². The fraction of sp³-hybridized carbons (Fsp3) is 0.192. The minimum Gasteiger partial charge on any atom is -0.508 e. The molecule has 0 amide bonds. The second-order valence-electron chi connectivity index (χ2n) is 8.91. The molecule has 0 bridgehead atoms. The number of benzene rings is 3. The Morgan fingerprint density at radius 1 is 0.818 bits per heavy atom. The van der Waals surface area contributed by atoms with E-state index in [1.165, 1.54) is 12.1 Å². The lowest BCUT2D eigenvalue weighted by atomic mass is 9.87. The van der Waals surface area contributed by atoms with E-state index in [1.54, 1.807) is 60.7 Å². The van der Waals surface area contributed by atoms with Crippen LogP contribution < -0.4 is 0 Å². The number of rotatable bonds is 3. The molecule has 3 aromatic rings. The summed E-state index contributed by atoms with van der Waals surface area (Å²) < 4.78 is 30.4. The number of Topliss-reactive ketones (excluding diaryl/α,β-unsaturated/α-hetero) is 1. The molecule has 0 radical (unpaired) electrons. The Balaban J connectivity index is 1.77. The lowest BCUT2D eigenvalue weighted by Gasteiger charge is -2.20. The Morgan fingerprint density at radius 2 is 1.42 bits per heavy atom. The number of hydrogen-bond donors (Lipinski definition) is 1. The van der Waals surface area contributed by atoms with Crippen molar-refractivity contribution in [3.8, 4) is 5.75 Å². The van der Waals surface area contributed by atoms with Crippen molar-refractivity contribution in [3.05, 3.63) is 89.5 Å². The van der Waals surface area contributed by atoms with Crippen LogP contribution in [-0.4, -0.2) is 30.7 Å². The smallest absolute Gasteiger partial charge is 0.282 e. The summed E-state index contributed by atoms with van der Waals surface area (Å²) in [6.45, 7) is 6.17. The largest absolute Gasteiger partial charge is 0.508 e. The van der Waals surface area contributed by atoms with Crippen LogP contribution in [-0.2, 0) is 15.4 Å². The van der Waals surface area contributed by atoms with Crippen LogP contribution in [0.25, 0.3) is 0 Å². The Bertz CT molecular complexity index is 1380. The van der Waals surface area contributed by atoms with Gasteiger partial charge < -0.3 is 5.11 Å². The number of ketones is 1. The van der Waals surface area contributed by atoms with E-state index >= 15 is 0 Å². The molecule has 0 atom stereocenters. The van der Waals surface area contributed by atoms with Gasteiger partial charge in [0.1, 0.15) is 5.75 Å². The van der Waals surface area contributed by atoms with Gasteiger partial charge in [-0.3, -0.25) is 4.79 Å². The Kier molecular flexibility index (Phi) is 5.76. The van der Waals surface area contributed by atoms with Crippen LogP contribution in [0.2, 0.25) is 0 Å². The Labute approximate surface area is 193 Å². The van der Waals surface area contributed by atoms with Crippen molar-refractivity contribution in [3.63, 3.8) is 0 Å². The second-order valence-corrected chi connectivity index (χ2v) is 10.5. The molecule has 7 heteroatoms. The Hall–Kier alpha value is -3.58. The number of sulfonamides is 1. The van der Waals surface area contributed by atoms with E-state index < -0.39 is 10.0 Å². The summed E-state index contributed by atoms with van der Waals surface area (Å²) in [6.07, 6.45) is -0.0178. The molecule has 0 saturated heterocycles. The minimum absolute atomic E-state index is 0.0178. The van der Waals surface area contributed by atoms with Crippen LogP contribution >= 0.6 is 0 Å². The Morgan fingerprint density at radius 3 is 2.03 bits per heavy atom. The second kappa shape index (κ2) is 8.41. The highest BCUT2D eigenvalue weighted by atomic mass is 32.2. The number of carbonyl (C=O) groups excluding carboxylic acids is 1. The topological polar surface area (TPSA) is 96.2 Å². The van der Waals surface area contributed by atoms with E-state index in [2.05, 4.69) is 30.2 Å². The van der Waals surface area contributed by atoms with Crippen molar-refractivity contribution in [1.82, 2.24) is 0 Å². The molecule has 0 fully saturated rings. The van der Waals surface area contributed by atoms with E-state index in [4.69, 9.17) is 0 Å². The summed E-state index contributed by atoms with van der Waals surface area (Å²) >= 11 is 0. The molecule has 168 valence electrons. The summed E-state index contributed by atoms with van der Waals surface area (Å²) in [5.41, 5.74) is 2.71. The molecule has 1 aliphatic rings. The van der Waals surface area contributed by atoms with Crippen LogP contribution in [0.5, 0.6) is 5.75 Å². The van der Waals surface area contributed by atoms with E-state index in [9.17, 15) is 18.3 Å². The molecule has 4 rings (SSSR count). The molecule has 1 N–H and O–H groups in total. The average Bonchev–Trinajstić information content (AvgIpc) is 2.78. The minimum atomic E-state index is -4.00. The van der Waals surface area contributed by atoms with Crippen LogP contribution in [0.1, 0.15) is 48.7 Å². The highest BCUT2D eigenvalue weighted by molar-refractivity contribution is 7.90. The molecule has 6 nitrogen and oxygen atoms in total. The van der Waals surface area contributed by atoms with Gasteiger partial charge in [-0.15, -0.1) is 0 Å². The van der Waals surface area contributed by atoms with Gasteiger partial charge in [-0.05, 0) is 47.4 Å². The summed E-state index contributed by atoms with van der Waals surface area (Å²) in [7, 11) is -4.00. The van der Waals surface area contributed by atoms with Crippen molar-refractivity contribution in [2.75, 3.05) is 0 Å². The monoisotopic (exact) mass is 460 g/mol. The van der Waals surface area contributed by atoms with Crippen LogP contribution in [0.15, 0.2) is 87.1 Å². The standard InChI is InChI=1S/C26H24N2O4S/c1-26(2,3)17-8-14-20(15-9-17)33(31,32)28-23-16-24(27-18-10-12-19(29)13-11-18)25(30)22-7-5-4-6-21(22)23/h4-15,29H,16H2,1-3H3/b27-24?,28-23-. The summed E-state index contributed by atoms with van der Waals surface area (Å²) in [4.78, 5) is 17.5. The number of fused-ring (bicyclic) bond motifs is 1. The molecule has 33 heavy (non-hydrogen) atoms. The maximum absolute atomic E-state index is 13.1. The van der Waals surface area contributed by atoms with E-state index in [-0.39, 0.29) is 39.7 Å². The number of carbonyl (C=O) groups is 1. The number of hydrogen-bond acceptors (Lipinski definition) is 5. The van der Waals surface area contributed by atoms with Gasteiger partial charge in [-0.1, -0.05) is 57.2 Å². The fourth-order valence-corrected chi connectivity index (χ4v) is 4.64. The van der Waals surface area contributed by atoms with Crippen molar-refractivity contribution in [1.29, 1.82) is 0 Å². The predicted molar refractivity (Wildman–Crippen MR) is 129 cm³/mol. The zero-order valence-corrected chi connectivity index (χ0v) is 19.4. The first-order valence-corrected chi connectivity index (χ1v) is 11.9. The van der Waals surface area contributed by atoms with Gasteiger partial charge in [0.15, 0.2) is 0 Å². The molecule has 0 spiro atoms. The summed E-state index contributed by atoms with van der Waals surface area (Å²) in [5, 5.41) is 9.48. The van der Waals surface area contributed by atoms with E-state index in [1.807, 2.05) is 0 Å². The SMILES string of the molecule is CC(C)(C)c1ccc(S(=O)(=O)/N=C2/CC(=Nc3ccc(O)cc3)C(=O)c3ccccc32)cc1. The van der Waals surface area contributed by atoms with Crippen LogP contribution in [0, 0.1) is 0 Å². The zero-order valence-electron chi connectivity index (χ0n) is 18.6. The van der Waals surface area contributed by atoms with Gasteiger partial charge in [0.25, 0.3) is 10.0 Å². The molecule has 0 unspecified atom stereocenters. The third-order valence-corrected chi connectivity index (χ3v) is 6.77. The molecule has 3 aromatic carbocycles.